The van der Waals surface area contributed by atoms with Crippen LogP contribution in [-0.4, -0.2) is 43.5 Å². The Kier molecular flexibility index (Phi) is 5.87. The largest absolute Gasteiger partial charge is 0.350 e. The van der Waals surface area contributed by atoms with Crippen LogP contribution in [0.5, 0.6) is 0 Å². The number of sulfonamides is 1. The normalized spacial score (nSPS) is 11.5. The van der Waals surface area contributed by atoms with Crippen molar-refractivity contribution in [3.8, 4) is 11.3 Å². The molecular formula is C14H16Cl2N4O3S. The molecule has 1 amide bonds. The van der Waals surface area contributed by atoms with Crippen molar-refractivity contribution >= 4 is 39.1 Å². The lowest BCUT2D eigenvalue weighted by Crippen LogP contribution is -2.33. The maximum absolute atomic E-state index is 12.1. The van der Waals surface area contributed by atoms with Gasteiger partial charge in [0.15, 0.2) is 5.69 Å². The standard InChI is InChI=1S/C14H16Cl2N4O3S/c1-17-24(22,23)6-5-18-14(21)12-8-13(20(2)19-12)9-3-4-10(15)11(16)7-9/h3-4,7-8,17H,5-6H2,1-2H3,(H,18,21). The number of halogens is 2. The summed E-state index contributed by atoms with van der Waals surface area (Å²) in [6.45, 7) is -0.0132. The fraction of sp³-hybridized carbons (Fsp3) is 0.286. The fourth-order valence-electron chi connectivity index (χ4n) is 2.00. The number of rotatable bonds is 6. The Bertz CT molecular complexity index is 865. The van der Waals surface area contributed by atoms with Gasteiger partial charge in [-0.15, -0.1) is 0 Å². The third-order valence-electron chi connectivity index (χ3n) is 3.30. The van der Waals surface area contributed by atoms with Crippen LogP contribution in [0, 0.1) is 0 Å². The minimum Gasteiger partial charge on any atom is -0.350 e. The maximum atomic E-state index is 12.1. The molecule has 0 fully saturated rings. The molecule has 0 atom stereocenters. The number of hydrogen-bond acceptors (Lipinski definition) is 4. The van der Waals surface area contributed by atoms with Crippen molar-refractivity contribution in [1.29, 1.82) is 0 Å². The summed E-state index contributed by atoms with van der Waals surface area (Å²) in [5.41, 5.74) is 1.62. The molecule has 2 N–H and O–H groups in total. The number of hydrogen-bond donors (Lipinski definition) is 2. The minimum absolute atomic E-state index is 0.0132. The molecule has 7 nitrogen and oxygen atoms in total. The number of amides is 1. The Labute approximate surface area is 150 Å². The Hall–Kier alpha value is -1.61. The first kappa shape index (κ1) is 18.7. The van der Waals surface area contributed by atoms with Gasteiger partial charge in [0.1, 0.15) is 0 Å². The number of benzene rings is 1. The second-order valence-corrected chi connectivity index (χ2v) is 7.81. The molecule has 0 bridgehead atoms. The molecule has 0 unspecified atom stereocenters. The Morgan fingerprint density at radius 1 is 1.25 bits per heavy atom. The molecule has 2 aromatic rings. The van der Waals surface area contributed by atoms with Crippen LogP contribution in [-0.2, 0) is 17.1 Å². The average Bonchev–Trinajstić information content (AvgIpc) is 2.92. The second kappa shape index (κ2) is 7.52. The molecular weight excluding hydrogens is 375 g/mol. The lowest BCUT2D eigenvalue weighted by Gasteiger charge is -2.03. The third kappa shape index (κ3) is 4.47. The van der Waals surface area contributed by atoms with E-state index >= 15 is 0 Å². The van der Waals surface area contributed by atoms with E-state index in [1.165, 1.54) is 7.05 Å². The van der Waals surface area contributed by atoms with Gasteiger partial charge in [0.2, 0.25) is 10.0 Å². The van der Waals surface area contributed by atoms with E-state index in [0.717, 1.165) is 5.56 Å². The lowest BCUT2D eigenvalue weighted by atomic mass is 10.1. The summed E-state index contributed by atoms with van der Waals surface area (Å²) in [7, 11) is -0.356. The molecule has 0 spiro atoms. The van der Waals surface area contributed by atoms with Gasteiger partial charge in [-0.2, -0.15) is 5.10 Å². The second-order valence-electron chi connectivity index (χ2n) is 4.95. The highest BCUT2D eigenvalue weighted by molar-refractivity contribution is 7.89. The monoisotopic (exact) mass is 390 g/mol. The van der Waals surface area contributed by atoms with E-state index in [9.17, 15) is 13.2 Å². The highest BCUT2D eigenvalue weighted by atomic mass is 35.5. The van der Waals surface area contributed by atoms with Gasteiger partial charge < -0.3 is 5.32 Å². The van der Waals surface area contributed by atoms with E-state index in [1.54, 1.807) is 36.0 Å². The van der Waals surface area contributed by atoms with Crippen molar-refractivity contribution in [3.63, 3.8) is 0 Å². The van der Waals surface area contributed by atoms with Crippen LogP contribution in [0.1, 0.15) is 10.5 Å². The molecule has 1 heterocycles. The summed E-state index contributed by atoms with van der Waals surface area (Å²) in [6, 6.07) is 6.71. The van der Waals surface area contributed by atoms with Crippen molar-refractivity contribution in [3.05, 3.63) is 40.0 Å². The Morgan fingerprint density at radius 2 is 1.96 bits per heavy atom. The van der Waals surface area contributed by atoms with Crippen LogP contribution in [0.2, 0.25) is 10.0 Å². The molecule has 1 aromatic carbocycles. The average molecular weight is 391 g/mol. The van der Waals surface area contributed by atoms with Gasteiger partial charge in [0.25, 0.3) is 5.91 Å². The summed E-state index contributed by atoms with van der Waals surface area (Å²) in [5.74, 6) is -0.662. The van der Waals surface area contributed by atoms with E-state index in [1.807, 2.05) is 0 Å². The predicted octanol–water partition coefficient (Wildman–Crippen LogP) is 1.67. The third-order valence-corrected chi connectivity index (χ3v) is 5.40. The molecule has 10 heteroatoms. The van der Waals surface area contributed by atoms with Crippen molar-refractivity contribution in [2.24, 2.45) is 7.05 Å². The maximum Gasteiger partial charge on any atom is 0.271 e. The van der Waals surface area contributed by atoms with Gasteiger partial charge in [0.05, 0.1) is 21.5 Å². The molecule has 2 rings (SSSR count). The van der Waals surface area contributed by atoms with Gasteiger partial charge in [-0.1, -0.05) is 29.3 Å². The van der Waals surface area contributed by atoms with Gasteiger partial charge in [-0.3, -0.25) is 9.48 Å². The van der Waals surface area contributed by atoms with Crippen molar-refractivity contribution in [1.82, 2.24) is 19.8 Å². The van der Waals surface area contributed by atoms with E-state index in [2.05, 4.69) is 15.1 Å². The molecule has 24 heavy (non-hydrogen) atoms. The Morgan fingerprint density at radius 3 is 2.58 bits per heavy atom. The zero-order chi connectivity index (χ0) is 17.9. The number of carbonyl (C=O) groups excluding carboxylic acids is 1. The number of nitrogens with zero attached hydrogens (tertiary/aromatic N) is 2. The van der Waals surface area contributed by atoms with Crippen LogP contribution >= 0.6 is 23.2 Å². The van der Waals surface area contributed by atoms with Crippen LogP contribution in [0.4, 0.5) is 0 Å². The fourth-order valence-corrected chi connectivity index (χ4v) is 2.87. The zero-order valence-electron chi connectivity index (χ0n) is 13.0. The van der Waals surface area contributed by atoms with Gasteiger partial charge in [0, 0.05) is 19.2 Å². The van der Waals surface area contributed by atoms with Gasteiger partial charge in [-0.05, 0) is 25.2 Å². The summed E-state index contributed by atoms with van der Waals surface area (Å²) in [6.07, 6.45) is 0. The number of aromatic nitrogens is 2. The number of carbonyl (C=O) groups is 1. The van der Waals surface area contributed by atoms with E-state index in [4.69, 9.17) is 23.2 Å². The molecule has 0 aliphatic heterocycles. The Balaban J connectivity index is 2.13. The zero-order valence-corrected chi connectivity index (χ0v) is 15.3. The first-order valence-corrected chi connectivity index (χ1v) is 9.33. The van der Waals surface area contributed by atoms with Crippen LogP contribution in [0.15, 0.2) is 24.3 Å². The van der Waals surface area contributed by atoms with Crippen LogP contribution < -0.4 is 10.0 Å². The molecule has 0 aliphatic rings. The SMILES string of the molecule is CNS(=O)(=O)CCNC(=O)c1cc(-c2ccc(Cl)c(Cl)c2)n(C)n1. The first-order valence-electron chi connectivity index (χ1n) is 6.92. The molecule has 130 valence electrons. The van der Waals surface area contributed by atoms with Crippen LogP contribution in [0.25, 0.3) is 11.3 Å². The summed E-state index contributed by atoms with van der Waals surface area (Å²) >= 11 is 11.9. The first-order chi connectivity index (χ1) is 11.2. The van der Waals surface area contributed by atoms with Crippen molar-refractivity contribution < 1.29 is 13.2 Å². The number of nitrogens with one attached hydrogen (secondary N) is 2. The molecule has 0 aliphatic carbocycles. The molecule has 0 radical (unpaired) electrons. The van der Waals surface area contributed by atoms with Crippen molar-refractivity contribution in [2.75, 3.05) is 19.3 Å². The predicted molar refractivity (Wildman–Crippen MR) is 93.8 cm³/mol. The van der Waals surface area contributed by atoms with E-state index < -0.39 is 15.9 Å². The molecule has 0 saturated heterocycles. The number of aryl methyl sites for hydroxylation is 1. The molecule has 0 saturated carbocycles. The summed E-state index contributed by atoms with van der Waals surface area (Å²) in [4.78, 5) is 12.1. The van der Waals surface area contributed by atoms with Crippen LogP contribution in [0.3, 0.4) is 0 Å². The summed E-state index contributed by atoms with van der Waals surface area (Å²) in [5, 5.41) is 7.50. The molecule has 1 aromatic heterocycles. The van der Waals surface area contributed by atoms with Crippen molar-refractivity contribution in [2.45, 2.75) is 0 Å². The summed E-state index contributed by atoms with van der Waals surface area (Å²) < 4.78 is 26.3. The smallest absolute Gasteiger partial charge is 0.271 e. The highest BCUT2D eigenvalue weighted by Crippen LogP contribution is 2.28. The van der Waals surface area contributed by atoms with E-state index in [0.29, 0.717) is 15.7 Å². The van der Waals surface area contributed by atoms with E-state index in [-0.39, 0.29) is 18.0 Å². The quantitative estimate of drug-likeness (QED) is 0.784. The minimum atomic E-state index is -3.37. The topological polar surface area (TPSA) is 93.1 Å². The van der Waals surface area contributed by atoms with Gasteiger partial charge in [-0.25, -0.2) is 13.1 Å². The lowest BCUT2D eigenvalue weighted by molar-refractivity contribution is 0.0950. The highest BCUT2D eigenvalue weighted by Gasteiger charge is 2.15. The van der Waals surface area contributed by atoms with Gasteiger partial charge >= 0.3 is 0 Å².